The quantitative estimate of drug-likeness (QED) is 0.772. The highest BCUT2D eigenvalue weighted by Crippen LogP contribution is 2.34. The van der Waals surface area contributed by atoms with Crippen molar-refractivity contribution in [3.63, 3.8) is 0 Å². The largest absolute Gasteiger partial charge is 0.309 e. The zero-order valence-electron chi connectivity index (χ0n) is 13.0. The molecule has 4 rings (SSSR count). The van der Waals surface area contributed by atoms with Gasteiger partial charge in [0.2, 0.25) is 5.91 Å². The highest BCUT2D eigenvalue weighted by molar-refractivity contribution is 6.30. The summed E-state index contributed by atoms with van der Waals surface area (Å²) in [7, 11) is 0. The number of carbonyl (C=O) groups excluding carboxylic acids is 1. The van der Waals surface area contributed by atoms with Crippen LogP contribution in [0.1, 0.15) is 12.0 Å². The van der Waals surface area contributed by atoms with E-state index in [-0.39, 0.29) is 5.91 Å². The van der Waals surface area contributed by atoms with Crippen LogP contribution in [0.15, 0.2) is 42.7 Å². The highest BCUT2D eigenvalue weighted by atomic mass is 35.5. The number of alkyl halides is 1. The third-order valence-electron chi connectivity index (χ3n) is 4.26. The zero-order valence-corrected chi connectivity index (χ0v) is 13.7. The summed E-state index contributed by atoms with van der Waals surface area (Å²) >= 11 is 6.10. The van der Waals surface area contributed by atoms with E-state index in [2.05, 4.69) is 10.3 Å². The van der Waals surface area contributed by atoms with Crippen molar-refractivity contribution < 1.29 is 9.18 Å². The number of fused-ring (bicyclic) bond motifs is 1. The summed E-state index contributed by atoms with van der Waals surface area (Å²) in [5.41, 5.74) is 3.88. The molecule has 0 saturated heterocycles. The van der Waals surface area contributed by atoms with Gasteiger partial charge in [0.15, 0.2) is 5.82 Å². The van der Waals surface area contributed by atoms with Crippen LogP contribution in [-0.4, -0.2) is 21.5 Å². The molecule has 0 spiro atoms. The molecule has 2 atom stereocenters. The van der Waals surface area contributed by atoms with E-state index in [1.54, 1.807) is 6.20 Å². The number of pyridine rings is 1. The highest BCUT2D eigenvalue weighted by Gasteiger charge is 2.43. The topological polar surface area (TPSA) is 46.4 Å². The van der Waals surface area contributed by atoms with E-state index >= 15 is 0 Å². The van der Waals surface area contributed by atoms with Crippen molar-refractivity contribution in [1.82, 2.24) is 9.38 Å². The second-order valence-electron chi connectivity index (χ2n) is 6.12. The Morgan fingerprint density at radius 1 is 1.33 bits per heavy atom. The molecular weight excluding hydrogens is 329 g/mol. The molecular formula is C18H15ClFN3O. The molecule has 1 fully saturated rings. The molecule has 1 aliphatic rings. The summed E-state index contributed by atoms with van der Waals surface area (Å²) in [6.45, 7) is 2.03. The maximum absolute atomic E-state index is 12.9. The minimum absolute atomic E-state index is 0.303. The van der Waals surface area contributed by atoms with E-state index in [9.17, 15) is 9.18 Å². The molecule has 1 N–H and O–H groups in total. The predicted octanol–water partition coefficient (Wildman–Crippen LogP) is 4.26. The summed E-state index contributed by atoms with van der Waals surface area (Å²) in [6, 6.07) is 9.60. The summed E-state index contributed by atoms with van der Waals surface area (Å²) < 4.78 is 14.8. The van der Waals surface area contributed by atoms with Crippen molar-refractivity contribution in [3.05, 3.63) is 53.3 Å². The van der Waals surface area contributed by atoms with E-state index in [1.807, 2.05) is 47.9 Å². The lowest BCUT2D eigenvalue weighted by Gasteiger charge is -2.07. The van der Waals surface area contributed by atoms with Gasteiger partial charge in [-0.2, -0.15) is 0 Å². The number of anilines is 1. The lowest BCUT2D eigenvalue weighted by atomic mass is 10.0. The number of hydrogen-bond donors (Lipinski definition) is 1. The summed E-state index contributed by atoms with van der Waals surface area (Å²) in [5, 5.41) is 3.35. The van der Waals surface area contributed by atoms with Crippen LogP contribution in [0.5, 0.6) is 0 Å². The maximum Gasteiger partial charge on any atom is 0.231 e. The van der Waals surface area contributed by atoms with Crippen LogP contribution in [0, 0.1) is 12.8 Å². The first-order valence-corrected chi connectivity index (χ1v) is 8.09. The molecule has 2 aromatic heterocycles. The van der Waals surface area contributed by atoms with Gasteiger partial charge in [-0.05, 0) is 54.3 Å². The number of imidazole rings is 1. The first-order valence-electron chi connectivity index (χ1n) is 7.71. The molecule has 0 radical (unpaired) electrons. The van der Waals surface area contributed by atoms with Crippen LogP contribution in [0.2, 0.25) is 5.02 Å². The van der Waals surface area contributed by atoms with Crippen LogP contribution >= 0.6 is 11.6 Å². The molecule has 1 aliphatic carbocycles. The molecule has 3 aromatic rings. The number of halogens is 2. The molecule has 24 heavy (non-hydrogen) atoms. The van der Waals surface area contributed by atoms with E-state index < -0.39 is 12.1 Å². The van der Waals surface area contributed by atoms with Crippen LogP contribution in [0.4, 0.5) is 10.2 Å². The standard InChI is InChI=1S/C18H15ClFN3O/c1-10-2-4-12(19)6-13(10)11-3-5-17-21-16(9-23(17)8-11)22-18(24)14-7-15(14)20/h2-6,8-9,14-15H,7H2,1H3,(H,22,24)/t14-,15+/m1/s1. The van der Waals surface area contributed by atoms with Crippen molar-refractivity contribution in [3.8, 4) is 11.1 Å². The normalized spacial score (nSPS) is 19.5. The van der Waals surface area contributed by atoms with Crippen molar-refractivity contribution in [2.45, 2.75) is 19.5 Å². The molecule has 4 nitrogen and oxygen atoms in total. The minimum atomic E-state index is -1.01. The number of hydrogen-bond acceptors (Lipinski definition) is 2. The molecule has 0 bridgehead atoms. The molecule has 2 heterocycles. The SMILES string of the molecule is Cc1ccc(Cl)cc1-c1ccc2nc(NC(=O)[C@@H]3C[C@@H]3F)cn2c1. The molecule has 1 saturated carbocycles. The first kappa shape index (κ1) is 15.1. The van der Waals surface area contributed by atoms with Crippen molar-refractivity contribution in [1.29, 1.82) is 0 Å². The van der Waals surface area contributed by atoms with Crippen molar-refractivity contribution in [2.75, 3.05) is 5.32 Å². The number of rotatable bonds is 3. The monoisotopic (exact) mass is 343 g/mol. The maximum atomic E-state index is 12.9. The van der Waals surface area contributed by atoms with Gasteiger partial charge in [-0.15, -0.1) is 0 Å². The zero-order chi connectivity index (χ0) is 16.8. The Labute approximate surface area is 143 Å². The van der Waals surface area contributed by atoms with Gasteiger partial charge in [-0.1, -0.05) is 17.7 Å². The molecule has 0 aliphatic heterocycles. The number of amides is 1. The Kier molecular flexibility index (Phi) is 3.53. The molecule has 1 aromatic carbocycles. The van der Waals surface area contributed by atoms with Crippen LogP contribution < -0.4 is 5.32 Å². The second-order valence-corrected chi connectivity index (χ2v) is 6.55. The average molecular weight is 344 g/mol. The van der Waals surface area contributed by atoms with Crippen LogP contribution in [0.3, 0.4) is 0 Å². The first-order chi connectivity index (χ1) is 11.5. The van der Waals surface area contributed by atoms with E-state index in [0.717, 1.165) is 16.7 Å². The smallest absolute Gasteiger partial charge is 0.231 e. The molecule has 0 unspecified atom stereocenters. The van der Waals surface area contributed by atoms with E-state index in [4.69, 9.17) is 11.6 Å². The second kappa shape index (κ2) is 5.60. The van der Waals surface area contributed by atoms with Crippen LogP contribution in [0.25, 0.3) is 16.8 Å². The van der Waals surface area contributed by atoms with Gasteiger partial charge < -0.3 is 9.72 Å². The Hall–Kier alpha value is -2.40. The number of aromatic nitrogens is 2. The van der Waals surface area contributed by atoms with Crippen LogP contribution in [-0.2, 0) is 4.79 Å². The summed E-state index contributed by atoms with van der Waals surface area (Å²) in [6.07, 6.45) is 2.95. The Morgan fingerprint density at radius 2 is 2.12 bits per heavy atom. The van der Waals surface area contributed by atoms with Gasteiger partial charge in [-0.25, -0.2) is 9.37 Å². The number of nitrogens with one attached hydrogen (secondary N) is 1. The third-order valence-corrected chi connectivity index (χ3v) is 4.50. The number of aryl methyl sites for hydroxylation is 1. The summed E-state index contributed by atoms with van der Waals surface area (Å²) in [5.74, 6) is -0.407. The average Bonchev–Trinajstić information content (AvgIpc) is 3.15. The Bertz CT molecular complexity index is 953. The lowest BCUT2D eigenvalue weighted by molar-refractivity contribution is -0.117. The molecule has 1 amide bonds. The van der Waals surface area contributed by atoms with Crippen molar-refractivity contribution in [2.24, 2.45) is 5.92 Å². The Morgan fingerprint density at radius 3 is 2.88 bits per heavy atom. The Balaban J connectivity index is 1.66. The fourth-order valence-corrected chi connectivity index (χ4v) is 2.94. The number of nitrogens with zero attached hydrogens (tertiary/aromatic N) is 2. The van der Waals surface area contributed by atoms with Gasteiger partial charge >= 0.3 is 0 Å². The van der Waals surface area contributed by atoms with Crippen molar-refractivity contribution >= 4 is 29.0 Å². The number of benzene rings is 1. The van der Waals surface area contributed by atoms with Gasteiger partial charge in [0.05, 0.1) is 12.1 Å². The molecule has 6 heteroatoms. The van der Waals surface area contributed by atoms with E-state index in [0.29, 0.717) is 22.9 Å². The lowest BCUT2D eigenvalue weighted by Crippen LogP contribution is -2.15. The fourth-order valence-electron chi connectivity index (χ4n) is 2.77. The van der Waals surface area contributed by atoms with Gasteiger partial charge in [-0.3, -0.25) is 4.79 Å². The summed E-state index contributed by atoms with van der Waals surface area (Å²) in [4.78, 5) is 16.2. The van der Waals surface area contributed by atoms with Gasteiger partial charge in [0.1, 0.15) is 11.8 Å². The number of carbonyl (C=O) groups is 1. The minimum Gasteiger partial charge on any atom is -0.309 e. The third kappa shape index (κ3) is 2.76. The predicted molar refractivity (Wildman–Crippen MR) is 92.0 cm³/mol. The molecule has 122 valence electrons. The van der Waals surface area contributed by atoms with Gasteiger partial charge in [0, 0.05) is 11.2 Å². The van der Waals surface area contributed by atoms with E-state index in [1.165, 1.54) is 0 Å². The van der Waals surface area contributed by atoms with Gasteiger partial charge in [0.25, 0.3) is 0 Å². The fraction of sp³-hybridized carbons (Fsp3) is 0.222.